The van der Waals surface area contributed by atoms with Crippen LogP contribution in [0.4, 0.5) is 11.4 Å². The van der Waals surface area contributed by atoms with Crippen LogP contribution in [-0.2, 0) is 11.3 Å². The molecule has 3 N–H and O–H groups in total. The number of nitrogens with two attached hydrogens (primary N) is 1. The molecule has 1 heterocycles. The number of rotatable bonds is 5. The minimum absolute atomic E-state index is 0.0306. The number of nitrogens with zero attached hydrogens (tertiary/aromatic N) is 2. The summed E-state index contributed by atoms with van der Waals surface area (Å²) >= 11 is 5.77. The van der Waals surface area contributed by atoms with Crippen molar-refractivity contribution in [2.75, 3.05) is 11.1 Å². The van der Waals surface area contributed by atoms with E-state index in [-0.39, 0.29) is 5.91 Å². The van der Waals surface area contributed by atoms with Crippen LogP contribution in [0, 0.1) is 6.92 Å². The third kappa shape index (κ3) is 3.99. The van der Waals surface area contributed by atoms with Crippen molar-refractivity contribution >= 4 is 28.9 Å². The van der Waals surface area contributed by atoms with Crippen LogP contribution in [0.3, 0.4) is 0 Å². The molecule has 1 aromatic heterocycles. The first-order valence-electron chi connectivity index (χ1n) is 6.38. The minimum Gasteiger partial charge on any atom is -0.399 e. The quantitative estimate of drug-likeness (QED) is 0.832. The summed E-state index contributed by atoms with van der Waals surface area (Å²) in [5.41, 5.74) is 8.10. The maximum Gasteiger partial charge on any atom is 0.224 e. The number of halogens is 1. The fourth-order valence-electron chi connectivity index (χ4n) is 1.85. The molecule has 0 aliphatic heterocycles. The average molecular weight is 293 g/mol. The zero-order chi connectivity index (χ0) is 14.5. The van der Waals surface area contributed by atoms with Gasteiger partial charge in [0.25, 0.3) is 0 Å². The summed E-state index contributed by atoms with van der Waals surface area (Å²) in [6.45, 7) is 2.59. The zero-order valence-corrected chi connectivity index (χ0v) is 12.0. The van der Waals surface area contributed by atoms with Gasteiger partial charge in [-0.05, 0) is 31.0 Å². The number of hydrogen-bond acceptors (Lipinski definition) is 3. The van der Waals surface area contributed by atoms with Crippen LogP contribution < -0.4 is 11.1 Å². The molecule has 5 nitrogen and oxygen atoms in total. The van der Waals surface area contributed by atoms with Crippen molar-refractivity contribution in [3.63, 3.8) is 0 Å². The maximum absolute atomic E-state index is 11.9. The first-order valence-corrected chi connectivity index (χ1v) is 6.76. The van der Waals surface area contributed by atoms with Crippen molar-refractivity contribution in [1.82, 2.24) is 9.78 Å². The Labute approximate surface area is 122 Å². The van der Waals surface area contributed by atoms with E-state index in [1.165, 1.54) is 0 Å². The summed E-state index contributed by atoms with van der Waals surface area (Å²) in [4.78, 5) is 11.9. The van der Waals surface area contributed by atoms with Gasteiger partial charge in [-0.1, -0.05) is 17.7 Å². The highest BCUT2D eigenvalue weighted by Gasteiger charge is 2.05. The maximum atomic E-state index is 11.9. The molecule has 0 unspecified atom stereocenters. The summed E-state index contributed by atoms with van der Waals surface area (Å²) in [5.74, 6) is -0.0306. The molecule has 0 aliphatic rings. The molecule has 0 saturated carbocycles. The minimum atomic E-state index is -0.0306. The Morgan fingerprint density at radius 3 is 3.00 bits per heavy atom. The Morgan fingerprint density at radius 2 is 2.30 bits per heavy atom. The van der Waals surface area contributed by atoms with Crippen molar-refractivity contribution in [1.29, 1.82) is 0 Å². The van der Waals surface area contributed by atoms with E-state index >= 15 is 0 Å². The molecule has 0 atom stereocenters. The van der Waals surface area contributed by atoms with E-state index in [9.17, 15) is 4.79 Å². The first-order chi connectivity index (χ1) is 9.54. The number of nitrogens with one attached hydrogen (secondary N) is 1. The van der Waals surface area contributed by atoms with E-state index in [1.54, 1.807) is 23.1 Å². The highest BCUT2D eigenvalue weighted by molar-refractivity contribution is 6.30. The lowest BCUT2D eigenvalue weighted by Gasteiger charge is -2.09. The van der Waals surface area contributed by atoms with Crippen LogP contribution in [0.5, 0.6) is 0 Å². The summed E-state index contributed by atoms with van der Waals surface area (Å²) in [7, 11) is 0. The Kier molecular flexibility index (Phi) is 4.63. The highest BCUT2D eigenvalue weighted by Crippen LogP contribution is 2.18. The van der Waals surface area contributed by atoms with Gasteiger partial charge in [-0.3, -0.25) is 9.48 Å². The molecule has 0 spiro atoms. The number of hydrogen-bond donors (Lipinski definition) is 2. The SMILES string of the molecule is Cc1ccc(N)cc1NC(=O)CCCn1cc(Cl)cn1. The number of carbonyl (C=O) groups excluding carboxylic acids is 1. The van der Waals surface area contributed by atoms with Crippen LogP contribution in [-0.4, -0.2) is 15.7 Å². The number of anilines is 2. The molecule has 0 bridgehead atoms. The second-order valence-electron chi connectivity index (χ2n) is 4.65. The lowest BCUT2D eigenvalue weighted by atomic mass is 10.1. The standard InChI is InChI=1S/C14H17ClN4O/c1-10-4-5-12(16)7-13(10)18-14(20)3-2-6-19-9-11(15)8-17-19/h4-5,7-9H,2-3,6,16H2,1H3,(H,18,20). The fraction of sp³-hybridized carbons (Fsp3) is 0.286. The molecular formula is C14H17ClN4O. The lowest BCUT2D eigenvalue weighted by molar-refractivity contribution is -0.116. The molecule has 2 aromatic rings. The van der Waals surface area contributed by atoms with Crippen LogP contribution in [0.2, 0.25) is 5.02 Å². The van der Waals surface area contributed by atoms with Crippen LogP contribution in [0.25, 0.3) is 0 Å². The third-order valence-corrected chi connectivity index (χ3v) is 3.12. The molecular weight excluding hydrogens is 276 g/mol. The van der Waals surface area contributed by atoms with E-state index in [2.05, 4.69) is 10.4 Å². The largest absolute Gasteiger partial charge is 0.399 e. The first kappa shape index (κ1) is 14.4. The van der Waals surface area contributed by atoms with E-state index in [1.807, 2.05) is 19.1 Å². The van der Waals surface area contributed by atoms with Crippen molar-refractivity contribution in [2.24, 2.45) is 0 Å². The predicted molar refractivity (Wildman–Crippen MR) is 80.7 cm³/mol. The van der Waals surface area contributed by atoms with Crippen molar-refractivity contribution < 1.29 is 4.79 Å². The summed E-state index contributed by atoms with van der Waals surface area (Å²) in [6.07, 6.45) is 4.44. The highest BCUT2D eigenvalue weighted by atomic mass is 35.5. The third-order valence-electron chi connectivity index (χ3n) is 2.93. The van der Waals surface area contributed by atoms with Gasteiger partial charge < -0.3 is 11.1 Å². The molecule has 106 valence electrons. The van der Waals surface area contributed by atoms with E-state index in [0.717, 1.165) is 11.3 Å². The lowest BCUT2D eigenvalue weighted by Crippen LogP contribution is -2.13. The number of aryl methyl sites for hydroxylation is 2. The van der Waals surface area contributed by atoms with Crippen molar-refractivity contribution in [3.8, 4) is 0 Å². The second kappa shape index (κ2) is 6.43. The van der Waals surface area contributed by atoms with Gasteiger partial charge in [0, 0.05) is 30.5 Å². The van der Waals surface area contributed by atoms with Gasteiger partial charge in [0.15, 0.2) is 0 Å². The summed E-state index contributed by atoms with van der Waals surface area (Å²) in [6, 6.07) is 5.46. The zero-order valence-electron chi connectivity index (χ0n) is 11.3. The topological polar surface area (TPSA) is 72.9 Å². The Balaban J connectivity index is 1.82. The molecule has 1 aromatic carbocycles. The van der Waals surface area contributed by atoms with Crippen molar-refractivity contribution in [2.45, 2.75) is 26.3 Å². The molecule has 0 aliphatic carbocycles. The molecule has 20 heavy (non-hydrogen) atoms. The molecule has 0 saturated heterocycles. The van der Waals surface area contributed by atoms with Gasteiger partial charge in [-0.2, -0.15) is 5.10 Å². The molecule has 1 amide bonds. The molecule has 0 fully saturated rings. The summed E-state index contributed by atoms with van der Waals surface area (Å²) < 4.78 is 1.72. The fourth-order valence-corrected chi connectivity index (χ4v) is 2.01. The Hall–Kier alpha value is -2.01. The Bertz CT molecular complexity index is 609. The smallest absolute Gasteiger partial charge is 0.224 e. The van der Waals surface area contributed by atoms with Crippen LogP contribution in [0.15, 0.2) is 30.6 Å². The number of benzene rings is 1. The van der Waals surface area contributed by atoms with Gasteiger partial charge in [0.2, 0.25) is 5.91 Å². The van der Waals surface area contributed by atoms with E-state index in [0.29, 0.717) is 30.1 Å². The van der Waals surface area contributed by atoms with Gasteiger partial charge in [-0.15, -0.1) is 0 Å². The Morgan fingerprint density at radius 1 is 1.50 bits per heavy atom. The molecule has 2 rings (SSSR count). The average Bonchev–Trinajstić information content (AvgIpc) is 2.80. The molecule has 6 heteroatoms. The van der Waals surface area contributed by atoms with E-state index in [4.69, 9.17) is 17.3 Å². The number of amides is 1. The number of carbonyl (C=O) groups is 1. The van der Waals surface area contributed by atoms with Crippen molar-refractivity contribution in [3.05, 3.63) is 41.2 Å². The monoisotopic (exact) mass is 292 g/mol. The van der Waals surface area contributed by atoms with Gasteiger partial charge >= 0.3 is 0 Å². The van der Waals surface area contributed by atoms with Gasteiger partial charge in [0.1, 0.15) is 0 Å². The van der Waals surface area contributed by atoms with E-state index < -0.39 is 0 Å². The number of aromatic nitrogens is 2. The van der Waals surface area contributed by atoms with Gasteiger partial charge in [0.05, 0.1) is 11.2 Å². The molecule has 0 radical (unpaired) electrons. The normalized spacial score (nSPS) is 10.5. The van der Waals surface area contributed by atoms with Crippen LogP contribution in [0.1, 0.15) is 18.4 Å². The van der Waals surface area contributed by atoms with Gasteiger partial charge in [-0.25, -0.2) is 0 Å². The summed E-state index contributed by atoms with van der Waals surface area (Å²) in [5, 5.41) is 7.53. The second-order valence-corrected chi connectivity index (χ2v) is 5.08. The number of nitrogen functional groups attached to an aromatic ring is 1. The predicted octanol–water partition coefficient (Wildman–Crippen LogP) is 2.85. The van der Waals surface area contributed by atoms with Crippen LogP contribution >= 0.6 is 11.6 Å².